The van der Waals surface area contributed by atoms with Gasteiger partial charge in [0.25, 0.3) is 0 Å². The first-order chi connectivity index (χ1) is 9.88. The summed E-state index contributed by atoms with van der Waals surface area (Å²) < 4.78 is 18.6. The Kier molecular flexibility index (Phi) is 4.18. The van der Waals surface area contributed by atoms with Gasteiger partial charge < -0.3 is 9.84 Å². The van der Waals surface area contributed by atoms with E-state index in [1.807, 2.05) is 0 Å². The molecule has 2 aromatic rings. The first-order valence-electron chi connectivity index (χ1n) is 6.29. The SMILES string of the molecule is Cc1cc(Oc2ccc([C@@H](C)O)cc2[N+](=O)[O-])ccc1F. The van der Waals surface area contributed by atoms with Gasteiger partial charge in [-0.25, -0.2) is 4.39 Å². The van der Waals surface area contributed by atoms with E-state index in [-0.39, 0.29) is 17.3 Å². The summed E-state index contributed by atoms with van der Waals surface area (Å²) in [5, 5.41) is 20.6. The highest BCUT2D eigenvalue weighted by Gasteiger charge is 2.18. The molecule has 0 fully saturated rings. The highest BCUT2D eigenvalue weighted by Crippen LogP contribution is 2.34. The summed E-state index contributed by atoms with van der Waals surface area (Å²) in [6.45, 7) is 3.09. The van der Waals surface area contributed by atoms with Crippen molar-refractivity contribution in [2.45, 2.75) is 20.0 Å². The summed E-state index contributed by atoms with van der Waals surface area (Å²) in [5.41, 5.74) is 0.551. The summed E-state index contributed by atoms with van der Waals surface area (Å²) >= 11 is 0. The van der Waals surface area contributed by atoms with Gasteiger partial charge in [-0.05, 0) is 49.2 Å². The van der Waals surface area contributed by atoms with Gasteiger partial charge in [0.15, 0.2) is 0 Å². The van der Waals surface area contributed by atoms with E-state index >= 15 is 0 Å². The Morgan fingerprint density at radius 3 is 2.57 bits per heavy atom. The van der Waals surface area contributed by atoms with E-state index in [4.69, 9.17) is 4.74 Å². The van der Waals surface area contributed by atoms with Crippen LogP contribution in [0.1, 0.15) is 24.2 Å². The van der Waals surface area contributed by atoms with Gasteiger partial charge in [0.2, 0.25) is 5.75 Å². The molecule has 0 saturated heterocycles. The van der Waals surface area contributed by atoms with Gasteiger partial charge >= 0.3 is 5.69 Å². The Labute approximate surface area is 120 Å². The first kappa shape index (κ1) is 14.9. The number of halogens is 1. The van der Waals surface area contributed by atoms with E-state index in [0.717, 1.165) is 0 Å². The first-order valence-corrected chi connectivity index (χ1v) is 6.29. The zero-order valence-electron chi connectivity index (χ0n) is 11.5. The Morgan fingerprint density at radius 1 is 1.29 bits per heavy atom. The van der Waals surface area contributed by atoms with E-state index < -0.39 is 11.0 Å². The lowest BCUT2D eigenvalue weighted by Gasteiger charge is -2.10. The molecule has 0 saturated carbocycles. The number of nitro benzene ring substituents is 1. The second-order valence-electron chi connectivity index (χ2n) is 4.67. The van der Waals surface area contributed by atoms with E-state index in [1.165, 1.54) is 37.3 Å². The fraction of sp³-hybridized carbons (Fsp3) is 0.200. The maximum Gasteiger partial charge on any atom is 0.311 e. The van der Waals surface area contributed by atoms with Crippen molar-refractivity contribution in [3.63, 3.8) is 0 Å². The molecular formula is C15H14FNO4. The topological polar surface area (TPSA) is 72.6 Å². The van der Waals surface area contributed by atoms with Crippen LogP contribution in [0.25, 0.3) is 0 Å². The summed E-state index contributed by atoms with van der Waals surface area (Å²) in [6, 6.07) is 8.32. The van der Waals surface area contributed by atoms with Crippen LogP contribution in [-0.4, -0.2) is 10.0 Å². The van der Waals surface area contributed by atoms with E-state index in [1.54, 1.807) is 13.0 Å². The number of ether oxygens (including phenoxy) is 1. The number of aliphatic hydroxyl groups is 1. The lowest BCUT2D eigenvalue weighted by molar-refractivity contribution is -0.385. The van der Waals surface area contributed by atoms with Crippen LogP contribution in [0.15, 0.2) is 36.4 Å². The minimum absolute atomic E-state index is 0.0374. The summed E-state index contributed by atoms with van der Waals surface area (Å²) in [5.74, 6) is -0.0292. The maximum absolute atomic E-state index is 13.2. The van der Waals surface area contributed by atoms with Gasteiger partial charge in [-0.3, -0.25) is 10.1 Å². The number of nitrogens with zero attached hydrogens (tertiary/aromatic N) is 1. The van der Waals surface area contributed by atoms with Crippen molar-refractivity contribution in [3.05, 3.63) is 63.5 Å². The average molecular weight is 291 g/mol. The molecule has 2 rings (SSSR count). The van der Waals surface area contributed by atoms with Crippen molar-refractivity contribution in [1.82, 2.24) is 0 Å². The van der Waals surface area contributed by atoms with Crippen LogP contribution in [-0.2, 0) is 0 Å². The van der Waals surface area contributed by atoms with E-state index in [9.17, 15) is 19.6 Å². The normalized spacial score (nSPS) is 12.0. The number of hydrogen-bond donors (Lipinski definition) is 1. The Bertz CT molecular complexity index is 685. The highest BCUT2D eigenvalue weighted by molar-refractivity contribution is 5.51. The number of rotatable bonds is 4. The van der Waals surface area contributed by atoms with Crippen LogP contribution in [0.5, 0.6) is 11.5 Å². The molecule has 0 unspecified atom stereocenters. The second-order valence-corrected chi connectivity index (χ2v) is 4.67. The maximum atomic E-state index is 13.2. The fourth-order valence-corrected chi connectivity index (χ4v) is 1.83. The van der Waals surface area contributed by atoms with E-state index in [0.29, 0.717) is 16.9 Å². The molecule has 0 aliphatic heterocycles. The van der Waals surface area contributed by atoms with Crippen molar-refractivity contribution < 1.29 is 19.2 Å². The number of aryl methyl sites for hydroxylation is 1. The van der Waals surface area contributed by atoms with Crippen molar-refractivity contribution in [3.8, 4) is 11.5 Å². The fourth-order valence-electron chi connectivity index (χ4n) is 1.83. The molecule has 0 aliphatic rings. The van der Waals surface area contributed by atoms with Gasteiger partial charge in [-0.2, -0.15) is 0 Å². The molecule has 0 bridgehead atoms. The minimum atomic E-state index is -0.814. The van der Waals surface area contributed by atoms with Crippen molar-refractivity contribution in [2.24, 2.45) is 0 Å². The largest absolute Gasteiger partial charge is 0.450 e. The molecule has 0 heterocycles. The molecule has 110 valence electrons. The zero-order valence-corrected chi connectivity index (χ0v) is 11.5. The molecule has 0 radical (unpaired) electrons. The molecule has 21 heavy (non-hydrogen) atoms. The number of benzene rings is 2. The predicted molar refractivity (Wildman–Crippen MR) is 74.9 cm³/mol. The third-order valence-electron chi connectivity index (χ3n) is 3.02. The predicted octanol–water partition coefficient (Wildman–Crippen LogP) is 3.89. The van der Waals surface area contributed by atoms with Crippen LogP contribution in [0.2, 0.25) is 0 Å². The monoisotopic (exact) mass is 291 g/mol. The standard InChI is InChI=1S/C15H14FNO4/c1-9-7-12(4-5-13(9)16)21-15-6-3-11(10(2)18)8-14(15)17(19)20/h3-8,10,18H,1-2H3/t10-/m1/s1. The molecule has 1 N–H and O–H groups in total. The molecule has 0 amide bonds. The van der Waals surface area contributed by atoms with Gasteiger partial charge in [-0.15, -0.1) is 0 Å². The molecule has 0 aliphatic carbocycles. The Morgan fingerprint density at radius 2 is 2.00 bits per heavy atom. The molecular weight excluding hydrogens is 277 g/mol. The Hall–Kier alpha value is -2.47. The number of nitro groups is 1. The van der Waals surface area contributed by atoms with Gasteiger partial charge in [0.05, 0.1) is 11.0 Å². The van der Waals surface area contributed by atoms with Crippen LogP contribution in [0, 0.1) is 22.9 Å². The highest BCUT2D eigenvalue weighted by atomic mass is 19.1. The number of aliphatic hydroxyl groups excluding tert-OH is 1. The third kappa shape index (κ3) is 3.35. The lowest BCUT2D eigenvalue weighted by Crippen LogP contribution is -1.98. The average Bonchev–Trinajstić information content (AvgIpc) is 2.43. The smallest absolute Gasteiger partial charge is 0.311 e. The van der Waals surface area contributed by atoms with Crippen molar-refractivity contribution >= 4 is 5.69 Å². The second kappa shape index (κ2) is 5.88. The minimum Gasteiger partial charge on any atom is -0.450 e. The van der Waals surface area contributed by atoms with Gasteiger partial charge in [0, 0.05) is 6.07 Å². The molecule has 1 atom stereocenters. The summed E-state index contributed by atoms with van der Waals surface area (Å²) in [4.78, 5) is 10.5. The third-order valence-corrected chi connectivity index (χ3v) is 3.02. The molecule has 2 aromatic carbocycles. The summed E-state index contributed by atoms with van der Waals surface area (Å²) in [6.07, 6.45) is -0.814. The molecule has 6 heteroatoms. The van der Waals surface area contributed by atoms with Crippen molar-refractivity contribution in [2.75, 3.05) is 0 Å². The molecule has 0 spiro atoms. The van der Waals surface area contributed by atoms with E-state index in [2.05, 4.69) is 0 Å². The quantitative estimate of drug-likeness (QED) is 0.685. The van der Waals surface area contributed by atoms with Gasteiger partial charge in [-0.1, -0.05) is 6.07 Å². The van der Waals surface area contributed by atoms with Crippen LogP contribution >= 0.6 is 0 Å². The van der Waals surface area contributed by atoms with Crippen LogP contribution in [0.4, 0.5) is 10.1 Å². The Balaban J connectivity index is 2.39. The summed E-state index contributed by atoms with van der Waals surface area (Å²) in [7, 11) is 0. The van der Waals surface area contributed by atoms with Crippen LogP contribution < -0.4 is 4.74 Å². The zero-order chi connectivity index (χ0) is 15.6. The molecule has 5 nitrogen and oxygen atoms in total. The van der Waals surface area contributed by atoms with Crippen molar-refractivity contribution in [1.29, 1.82) is 0 Å². The van der Waals surface area contributed by atoms with Gasteiger partial charge in [0.1, 0.15) is 11.6 Å². The lowest BCUT2D eigenvalue weighted by atomic mass is 10.1. The van der Waals surface area contributed by atoms with Crippen LogP contribution in [0.3, 0.4) is 0 Å². The molecule has 0 aromatic heterocycles. The number of hydrogen-bond acceptors (Lipinski definition) is 4.